The molecule has 0 fully saturated rings. The quantitative estimate of drug-likeness (QED) is 0.862. The van der Waals surface area contributed by atoms with Crippen LogP contribution in [0.15, 0.2) is 42.6 Å². The molecule has 0 aliphatic rings. The number of pyridine rings is 1. The van der Waals surface area contributed by atoms with E-state index in [9.17, 15) is 0 Å². The summed E-state index contributed by atoms with van der Waals surface area (Å²) >= 11 is 0. The highest BCUT2D eigenvalue weighted by Crippen LogP contribution is 2.12. The van der Waals surface area contributed by atoms with Gasteiger partial charge in [0.05, 0.1) is 12.2 Å². The van der Waals surface area contributed by atoms with Gasteiger partial charge in [-0.15, -0.1) is 0 Å². The van der Waals surface area contributed by atoms with E-state index in [2.05, 4.69) is 60.5 Å². The predicted molar refractivity (Wildman–Crippen MR) is 72.1 cm³/mol. The van der Waals surface area contributed by atoms with Crippen LogP contribution in [0.1, 0.15) is 23.7 Å². The minimum Gasteiger partial charge on any atom is -0.379 e. The van der Waals surface area contributed by atoms with Crippen molar-refractivity contribution in [3.63, 3.8) is 0 Å². The van der Waals surface area contributed by atoms with Crippen LogP contribution >= 0.6 is 0 Å². The Balaban J connectivity index is 1.99. The van der Waals surface area contributed by atoms with Crippen LogP contribution in [0.5, 0.6) is 0 Å². The summed E-state index contributed by atoms with van der Waals surface area (Å²) in [5, 5.41) is 3.39. The van der Waals surface area contributed by atoms with Crippen LogP contribution in [0, 0.1) is 6.92 Å². The average Bonchev–Trinajstić information content (AvgIpc) is 2.38. The van der Waals surface area contributed by atoms with Crippen LogP contribution in [0.25, 0.3) is 0 Å². The lowest BCUT2D eigenvalue weighted by atomic mass is 10.1. The molecule has 2 heteroatoms. The largest absolute Gasteiger partial charge is 0.379 e. The molecule has 0 aliphatic heterocycles. The number of hydrogen-bond acceptors (Lipinski definition) is 2. The molecule has 0 aliphatic carbocycles. The van der Waals surface area contributed by atoms with E-state index in [1.807, 2.05) is 6.20 Å². The minimum atomic E-state index is 0.771. The van der Waals surface area contributed by atoms with Crippen molar-refractivity contribution >= 4 is 5.69 Å². The zero-order valence-electron chi connectivity index (χ0n) is 10.4. The molecule has 0 spiro atoms. The topological polar surface area (TPSA) is 24.9 Å². The number of nitrogens with one attached hydrogen (secondary N) is 1. The fraction of sp³-hybridized carbons (Fsp3) is 0.267. The number of rotatable bonds is 4. The monoisotopic (exact) mass is 226 g/mol. The van der Waals surface area contributed by atoms with Gasteiger partial charge in [-0.3, -0.25) is 4.98 Å². The Morgan fingerprint density at radius 1 is 1.18 bits per heavy atom. The maximum atomic E-state index is 4.37. The van der Waals surface area contributed by atoms with Crippen molar-refractivity contribution < 1.29 is 0 Å². The summed E-state index contributed by atoms with van der Waals surface area (Å²) in [6, 6.07) is 12.7. The van der Waals surface area contributed by atoms with Gasteiger partial charge >= 0.3 is 0 Å². The number of benzene rings is 1. The first-order valence-corrected chi connectivity index (χ1v) is 6.02. The zero-order valence-corrected chi connectivity index (χ0v) is 10.4. The summed E-state index contributed by atoms with van der Waals surface area (Å²) in [7, 11) is 0. The molecule has 2 aromatic rings. The molecule has 0 saturated heterocycles. The molecule has 2 nitrogen and oxygen atoms in total. The van der Waals surface area contributed by atoms with Gasteiger partial charge in [0, 0.05) is 11.9 Å². The van der Waals surface area contributed by atoms with Gasteiger partial charge in [0.25, 0.3) is 0 Å². The third-order valence-electron chi connectivity index (χ3n) is 2.78. The fourth-order valence-electron chi connectivity index (χ4n) is 1.70. The second-order valence-electron chi connectivity index (χ2n) is 4.23. The number of aryl methyl sites for hydroxylation is 2. The van der Waals surface area contributed by atoms with Crippen LogP contribution in [-0.4, -0.2) is 4.98 Å². The van der Waals surface area contributed by atoms with Crippen molar-refractivity contribution in [1.29, 1.82) is 0 Å². The molecule has 2 rings (SSSR count). The maximum absolute atomic E-state index is 4.37. The first-order chi connectivity index (χ1) is 8.28. The van der Waals surface area contributed by atoms with Crippen molar-refractivity contribution in [2.45, 2.75) is 26.8 Å². The summed E-state index contributed by atoms with van der Waals surface area (Å²) in [6.45, 7) is 4.99. The summed E-state index contributed by atoms with van der Waals surface area (Å²) in [5.74, 6) is 0. The van der Waals surface area contributed by atoms with Gasteiger partial charge < -0.3 is 5.32 Å². The lowest BCUT2D eigenvalue weighted by Crippen LogP contribution is -2.01. The Kier molecular flexibility index (Phi) is 3.76. The molecule has 0 saturated carbocycles. The van der Waals surface area contributed by atoms with Crippen molar-refractivity contribution in [2.75, 3.05) is 5.32 Å². The Bertz CT molecular complexity index is 475. The molecule has 0 unspecified atom stereocenters. The second kappa shape index (κ2) is 5.48. The molecule has 1 N–H and O–H groups in total. The first-order valence-electron chi connectivity index (χ1n) is 6.02. The molecule has 0 atom stereocenters. The van der Waals surface area contributed by atoms with E-state index < -0.39 is 0 Å². The number of anilines is 1. The molecule has 88 valence electrons. The van der Waals surface area contributed by atoms with Gasteiger partial charge in [0.2, 0.25) is 0 Å². The summed E-state index contributed by atoms with van der Waals surface area (Å²) in [6.07, 6.45) is 2.97. The Morgan fingerprint density at radius 2 is 2.06 bits per heavy atom. The van der Waals surface area contributed by atoms with Gasteiger partial charge in [0.15, 0.2) is 0 Å². The Morgan fingerprint density at radius 3 is 2.76 bits per heavy atom. The number of nitrogens with zero attached hydrogens (tertiary/aromatic N) is 1. The van der Waals surface area contributed by atoms with Gasteiger partial charge in [0.1, 0.15) is 0 Å². The lowest BCUT2D eigenvalue weighted by molar-refractivity contribution is 1.03. The van der Waals surface area contributed by atoms with E-state index in [1.54, 1.807) is 0 Å². The van der Waals surface area contributed by atoms with E-state index in [4.69, 9.17) is 0 Å². The van der Waals surface area contributed by atoms with Crippen molar-refractivity contribution in [3.05, 3.63) is 59.4 Å². The molecular weight excluding hydrogens is 208 g/mol. The standard InChI is InChI=1S/C15H18N2/c1-3-13-5-4-6-14(9-13)17-11-15-8-7-12(2)10-16-15/h4-10,17H,3,11H2,1-2H3. The summed E-state index contributed by atoms with van der Waals surface area (Å²) < 4.78 is 0. The SMILES string of the molecule is CCc1cccc(NCc2ccc(C)cn2)c1. The Hall–Kier alpha value is -1.83. The van der Waals surface area contributed by atoms with E-state index in [0.29, 0.717) is 0 Å². The smallest absolute Gasteiger partial charge is 0.0594 e. The van der Waals surface area contributed by atoms with Crippen molar-refractivity contribution in [3.8, 4) is 0 Å². The van der Waals surface area contributed by atoms with Crippen LogP contribution in [0.2, 0.25) is 0 Å². The van der Waals surface area contributed by atoms with Gasteiger partial charge in [-0.05, 0) is 42.7 Å². The third-order valence-corrected chi connectivity index (χ3v) is 2.78. The highest BCUT2D eigenvalue weighted by molar-refractivity contribution is 5.45. The van der Waals surface area contributed by atoms with Crippen LogP contribution in [-0.2, 0) is 13.0 Å². The zero-order chi connectivity index (χ0) is 12.1. The molecule has 17 heavy (non-hydrogen) atoms. The summed E-state index contributed by atoms with van der Waals surface area (Å²) in [4.78, 5) is 4.37. The van der Waals surface area contributed by atoms with Crippen LogP contribution in [0.3, 0.4) is 0 Å². The van der Waals surface area contributed by atoms with Gasteiger partial charge in [-0.25, -0.2) is 0 Å². The Labute approximate surface area is 103 Å². The molecule has 0 radical (unpaired) electrons. The van der Waals surface area contributed by atoms with Crippen LogP contribution < -0.4 is 5.32 Å². The summed E-state index contributed by atoms with van der Waals surface area (Å²) in [5.41, 5.74) is 4.78. The number of hydrogen-bond donors (Lipinski definition) is 1. The van der Waals surface area contributed by atoms with Crippen molar-refractivity contribution in [2.24, 2.45) is 0 Å². The molecule has 1 aromatic heterocycles. The molecule has 1 aromatic carbocycles. The van der Waals surface area contributed by atoms with E-state index >= 15 is 0 Å². The molecular formula is C15H18N2. The minimum absolute atomic E-state index is 0.771. The van der Waals surface area contributed by atoms with E-state index in [0.717, 1.165) is 24.3 Å². The molecule has 0 bridgehead atoms. The fourth-order valence-corrected chi connectivity index (χ4v) is 1.70. The third kappa shape index (κ3) is 3.31. The highest BCUT2D eigenvalue weighted by Gasteiger charge is 1.96. The average molecular weight is 226 g/mol. The van der Waals surface area contributed by atoms with Crippen molar-refractivity contribution in [1.82, 2.24) is 4.98 Å². The first kappa shape index (κ1) is 11.6. The second-order valence-corrected chi connectivity index (χ2v) is 4.23. The van der Waals surface area contributed by atoms with E-state index in [-0.39, 0.29) is 0 Å². The van der Waals surface area contributed by atoms with Gasteiger partial charge in [-0.2, -0.15) is 0 Å². The normalized spacial score (nSPS) is 10.2. The predicted octanol–water partition coefficient (Wildman–Crippen LogP) is 3.56. The molecule has 0 amide bonds. The van der Waals surface area contributed by atoms with Crippen LogP contribution in [0.4, 0.5) is 5.69 Å². The van der Waals surface area contributed by atoms with Gasteiger partial charge in [-0.1, -0.05) is 25.1 Å². The molecule has 1 heterocycles. The lowest BCUT2D eigenvalue weighted by Gasteiger charge is -2.07. The van der Waals surface area contributed by atoms with E-state index in [1.165, 1.54) is 11.1 Å². The highest BCUT2D eigenvalue weighted by atomic mass is 14.9. The maximum Gasteiger partial charge on any atom is 0.0594 e. The number of aromatic nitrogens is 1.